The summed E-state index contributed by atoms with van der Waals surface area (Å²) in [5.41, 5.74) is 2.57. The minimum absolute atomic E-state index is 0.0517. The van der Waals surface area contributed by atoms with E-state index in [4.69, 9.17) is 14.0 Å². The number of carboxylic acid groups (broad SMARTS) is 1. The number of hydrogen-bond acceptors (Lipinski definition) is 7. The predicted octanol–water partition coefficient (Wildman–Crippen LogP) is 4.35. The molecule has 178 valence electrons. The molecule has 2 heterocycles. The number of amides is 1. The summed E-state index contributed by atoms with van der Waals surface area (Å²) in [5, 5.41) is 13.3. The maximum absolute atomic E-state index is 12.3. The monoisotopic (exact) mass is 457 g/mol. The minimum Gasteiger partial charge on any atom is -0.489 e. The first-order valence-electron chi connectivity index (χ1n) is 11.5. The molecule has 9 nitrogen and oxygen atoms in total. The third-order valence-corrected chi connectivity index (χ3v) is 6.40. The smallest absolute Gasteiger partial charge is 0.409 e. The summed E-state index contributed by atoms with van der Waals surface area (Å²) in [5.74, 6) is 0.555. The number of hydrogen-bond donors (Lipinski definition) is 1. The highest BCUT2D eigenvalue weighted by Gasteiger charge is 2.29. The number of carbonyl (C=O) groups is 2. The van der Waals surface area contributed by atoms with Gasteiger partial charge in [0.2, 0.25) is 0 Å². The van der Waals surface area contributed by atoms with Crippen molar-refractivity contribution in [2.24, 2.45) is 11.8 Å². The van der Waals surface area contributed by atoms with Crippen molar-refractivity contribution in [3.05, 3.63) is 29.1 Å². The quantitative estimate of drug-likeness (QED) is 0.622. The third-order valence-electron chi connectivity index (χ3n) is 6.40. The van der Waals surface area contributed by atoms with Crippen molar-refractivity contribution in [1.29, 1.82) is 0 Å². The fraction of sp³-hybridized carbons (Fsp3) is 0.583. The second-order valence-electron chi connectivity index (χ2n) is 9.18. The van der Waals surface area contributed by atoms with Gasteiger partial charge < -0.3 is 24.0 Å². The van der Waals surface area contributed by atoms with E-state index >= 15 is 0 Å². The van der Waals surface area contributed by atoms with Crippen LogP contribution in [0.3, 0.4) is 0 Å². The van der Waals surface area contributed by atoms with Gasteiger partial charge >= 0.3 is 12.1 Å². The van der Waals surface area contributed by atoms with Crippen LogP contribution < -0.4 is 4.74 Å². The lowest BCUT2D eigenvalue weighted by molar-refractivity contribution is -0.143. The van der Waals surface area contributed by atoms with Crippen LogP contribution in [-0.4, -0.2) is 51.9 Å². The van der Waals surface area contributed by atoms with Crippen LogP contribution in [0.4, 0.5) is 4.79 Å². The molecule has 0 bridgehead atoms. The van der Waals surface area contributed by atoms with Gasteiger partial charge in [-0.15, -0.1) is 0 Å². The Hall–Kier alpha value is -3.10. The number of nitrogens with zero attached hydrogens (tertiary/aromatic N) is 3. The molecule has 9 heteroatoms. The Balaban J connectivity index is 1.42. The standard InChI is InChI=1S/C24H31N3O6/c1-14-19(13-31-24(30)27(3)12-16-7-8-16)22(33-26-14)20-9-10-21(15(2)25-20)32-18-6-4-5-17(11-18)23(28)29/h9-10,16-18H,4-8,11-13H2,1-3H3,(H,28,29)/t17-,18-/m0/s1. The van der Waals surface area contributed by atoms with E-state index < -0.39 is 5.97 Å². The van der Waals surface area contributed by atoms with Gasteiger partial charge in [-0.05, 0) is 70.4 Å². The Bertz CT molecular complexity index is 1020. The van der Waals surface area contributed by atoms with Gasteiger partial charge in [0.15, 0.2) is 5.76 Å². The molecule has 1 amide bonds. The maximum atomic E-state index is 12.3. The van der Waals surface area contributed by atoms with Gasteiger partial charge in [-0.1, -0.05) is 5.16 Å². The summed E-state index contributed by atoms with van der Waals surface area (Å²) >= 11 is 0. The van der Waals surface area contributed by atoms with Crippen molar-refractivity contribution in [1.82, 2.24) is 15.0 Å². The molecule has 2 aromatic rings. The number of rotatable bonds is 8. The summed E-state index contributed by atoms with van der Waals surface area (Å²) in [6.45, 7) is 4.41. The highest BCUT2D eigenvalue weighted by Crippen LogP contribution is 2.32. The van der Waals surface area contributed by atoms with E-state index in [0.29, 0.717) is 59.5 Å². The largest absolute Gasteiger partial charge is 0.489 e. The molecule has 33 heavy (non-hydrogen) atoms. The number of ether oxygens (including phenoxy) is 2. The van der Waals surface area contributed by atoms with Crippen LogP contribution in [0.1, 0.15) is 55.5 Å². The molecule has 4 rings (SSSR count). The minimum atomic E-state index is -0.763. The Morgan fingerprint density at radius 1 is 1.18 bits per heavy atom. The summed E-state index contributed by atoms with van der Waals surface area (Å²) in [6.07, 6.45) is 4.69. The molecule has 2 aliphatic carbocycles. The van der Waals surface area contributed by atoms with Gasteiger partial charge in [-0.25, -0.2) is 9.78 Å². The van der Waals surface area contributed by atoms with E-state index in [2.05, 4.69) is 10.1 Å². The summed E-state index contributed by atoms with van der Waals surface area (Å²) in [6, 6.07) is 3.60. The number of aromatic nitrogens is 2. The number of pyridine rings is 1. The molecule has 0 unspecified atom stereocenters. The van der Waals surface area contributed by atoms with Crippen molar-refractivity contribution < 1.29 is 28.7 Å². The summed E-state index contributed by atoms with van der Waals surface area (Å²) in [4.78, 5) is 29.8. The zero-order valence-electron chi connectivity index (χ0n) is 19.4. The van der Waals surface area contributed by atoms with Crippen LogP contribution >= 0.6 is 0 Å². The Morgan fingerprint density at radius 3 is 2.67 bits per heavy atom. The van der Waals surface area contributed by atoms with Gasteiger partial charge in [-0.2, -0.15) is 0 Å². The van der Waals surface area contributed by atoms with Crippen LogP contribution in [0, 0.1) is 25.7 Å². The molecule has 0 aliphatic heterocycles. The van der Waals surface area contributed by atoms with E-state index in [1.54, 1.807) is 24.9 Å². The highest BCUT2D eigenvalue weighted by atomic mass is 16.6. The number of carbonyl (C=O) groups excluding carboxylic acids is 1. The summed E-state index contributed by atoms with van der Waals surface area (Å²) < 4.78 is 17.1. The van der Waals surface area contributed by atoms with Crippen molar-refractivity contribution >= 4 is 12.1 Å². The average molecular weight is 458 g/mol. The van der Waals surface area contributed by atoms with Gasteiger partial charge in [0.1, 0.15) is 18.1 Å². The zero-order chi connectivity index (χ0) is 23.5. The van der Waals surface area contributed by atoms with Gasteiger partial charge in [-0.3, -0.25) is 4.79 Å². The predicted molar refractivity (Wildman–Crippen MR) is 119 cm³/mol. The van der Waals surface area contributed by atoms with E-state index in [-0.39, 0.29) is 24.7 Å². The molecule has 2 fully saturated rings. The lowest BCUT2D eigenvalue weighted by Crippen LogP contribution is -2.29. The molecule has 0 radical (unpaired) electrons. The molecule has 2 aliphatic rings. The first kappa shape index (κ1) is 23.1. The van der Waals surface area contributed by atoms with E-state index in [1.165, 1.54) is 0 Å². The topological polar surface area (TPSA) is 115 Å². The second kappa shape index (κ2) is 9.80. The van der Waals surface area contributed by atoms with Crippen molar-refractivity contribution in [3.8, 4) is 17.2 Å². The SMILES string of the molecule is Cc1nc(-c2onc(C)c2COC(=O)N(C)CC2CC2)ccc1O[C@H]1CCC[C@H](C(=O)O)C1. The normalized spacial score (nSPS) is 20.3. The van der Waals surface area contributed by atoms with Crippen LogP contribution in [0.2, 0.25) is 0 Å². The van der Waals surface area contributed by atoms with Crippen molar-refractivity contribution in [2.75, 3.05) is 13.6 Å². The molecule has 2 aromatic heterocycles. The van der Waals surface area contributed by atoms with Crippen molar-refractivity contribution in [2.45, 2.75) is 65.1 Å². The molecule has 0 spiro atoms. The lowest BCUT2D eigenvalue weighted by Gasteiger charge is -2.27. The number of carboxylic acids is 1. The van der Waals surface area contributed by atoms with Crippen LogP contribution in [0.5, 0.6) is 5.75 Å². The molecular formula is C24H31N3O6. The highest BCUT2D eigenvalue weighted by molar-refractivity contribution is 5.70. The van der Waals surface area contributed by atoms with Crippen LogP contribution in [0.15, 0.2) is 16.7 Å². The zero-order valence-corrected chi connectivity index (χ0v) is 19.4. The van der Waals surface area contributed by atoms with E-state index in [0.717, 1.165) is 25.7 Å². The van der Waals surface area contributed by atoms with Gasteiger partial charge in [0.05, 0.1) is 29.0 Å². The lowest BCUT2D eigenvalue weighted by atomic mass is 9.87. The number of aryl methyl sites for hydroxylation is 2. The second-order valence-corrected chi connectivity index (χ2v) is 9.18. The molecule has 0 saturated heterocycles. The van der Waals surface area contributed by atoms with E-state index in [9.17, 15) is 14.7 Å². The van der Waals surface area contributed by atoms with Crippen LogP contribution in [0.25, 0.3) is 11.5 Å². The maximum Gasteiger partial charge on any atom is 0.409 e. The Morgan fingerprint density at radius 2 is 1.97 bits per heavy atom. The molecule has 1 N–H and O–H groups in total. The molecular weight excluding hydrogens is 426 g/mol. The number of aliphatic carboxylic acids is 1. The van der Waals surface area contributed by atoms with Gasteiger partial charge in [0.25, 0.3) is 0 Å². The van der Waals surface area contributed by atoms with Crippen LogP contribution in [-0.2, 0) is 16.1 Å². The first-order valence-corrected chi connectivity index (χ1v) is 11.5. The van der Waals surface area contributed by atoms with Crippen molar-refractivity contribution in [3.63, 3.8) is 0 Å². The Kier molecular flexibility index (Phi) is 6.85. The third kappa shape index (κ3) is 5.64. The Labute approximate surface area is 193 Å². The fourth-order valence-corrected chi connectivity index (χ4v) is 4.22. The molecule has 2 atom stereocenters. The molecule has 2 saturated carbocycles. The fourth-order valence-electron chi connectivity index (χ4n) is 4.22. The van der Waals surface area contributed by atoms with E-state index in [1.807, 2.05) is 13.0 Å². The van der Waals surface area contributed by atoms with Gasteiger partial charge in [0, 0.05) is 13.6 Å². The summed E-state index contributed by atoms with van der Waals surface area (Å²) in [7, 11) is 1.75. The first-order chi connectivity index (χ1) is 15.8. The molecule has 0 aromatic carbocycles. The average Bonchev–Trinajstić information content (AvgIpc) is 3.53.